The van der Waals surface area contributed by atoms with Crippen LogP contribution in [-0.4, -0.2) is 62.0 Å². The lowest BCUT2D eigenvalue weighted by molar-refractivity contribution is -0.123. The number of rotatable bonds is 8. The van der Waals surface area contributed by atoms with Crippen molar-refractivity contribution in [2.75, 3.05) is 31.6 Å². The number of nitrogens with zero attached hydrogens (tertiary/aromatic N) is 1. The highest BCUT2D eigenvalue weighted by Gasteiger charge is 2.29. The van der Waals surface area contributed by atoms with Crippen LogP contribution in [0.15, 0.2) is 41.4 Å². The number of hydrogen-bond acceptors (Lipinski definition) is 6. The minimum Gasteiger partial charge on any atom is -0.448 e. The van der Waals surface area contributed by atoms with Crippen molar-refractivity contribution in [2.45, 2.75) is 44.1 Å². The number of hydrogen-bond donors (Lipinski definition) is 2. The lowest BCUT2D eigenvalue weighted by atomic mass is 9.97. The molecule has 2 N–H and O–H groups in total. The molecule has 2 atom stereocenters. The third-order valence-electron chi connectivity index (χ3n) is 5.50. The number of benzene rings is 1. The molecule has 0 radical (unpaired) electrons. The van der Waals surface area contributed by atoms with E-state index in [2.05, 4.69) is 24.1 Å². The van der Waals surface area contributed by atoms with Crippen molar-refractivity contribution in [3.63, 3.8) is 0 Å². The van der Waals surface area contributed by atoms with Gasteiger partial charge in [0.25, 0.3) is 5.91 Å². The van der Waals surface area contributed by atoms with E-state index in [9.17, 15) is 18.0 Å². The molecule has 1 aliphatic rings. The van der Waals surface area contributed by atoms with E-state index in [1.54, 1.807) is 0 Å². The summed E-state index contributed by atoms with van der Waals surface area (Å²) in [7, 11) is -3.74. The molecule has 1 aromatic heterocycles. The topological polar surface area (TPSA) is 118 Å². The van der Waals surface area contributed by atoms with E-state index >= 15 is 0 Å². The lowest BCUT2D eigenvalue weighted by Gasteiger charge is -2.25. The molecular weight excluding hydrogens is 434 g/mol. The molecule has 1 aromatic carbocycles. The average Bonchev–Trinajstić information content (AvgIpc) is 3.31. The molecule has 2 aromatic rings. The number of carbonyl (C=O) groups excluding carboxylic acids is 2. The van der Waals surface area contributed by atoms with Crippen molar-refractivity contribution in [1.29, 1.82) is 0 Å². The number of sulfonamides is 1. The first-order valence-electron chi connectivity index (χ1n) is 10.6. The van der Waals surface area contributed by atoms with Gasteiger partial charge in [0, 0.05) is 25.0 Å². The Morgan fingerprint density at radius 1 is 1.22 bits per heavy atom. The fraction of sp³-hybridized carbons (Fsp3) is 0.455. The molecule has 1 amide bonds. The van der Waals surface area contributed by atoms with E-state index in [0.717, 1.165) is 12.0 Å². The van der Waals surface area contributed by atoms with Crippen LogP contribution in [0.4, 0.5) is 5.69 Å². The van der Waals surface area contributed by atoms with E-state index in [1.807, 2.05) is 24.3 Å². The molecule has 1 aliphatic heterocycles. The number of carbonyl (C=O) groups is 2. The molecule has 1 saturated heterocycles. The smallest absolute Gasteiger partial charge is 0.355 e. The van der Waals surface area contributed by atoms with Crippen LogP contribution in [0.1, 0.15) is 49.2 Å². The normalized spacial score (nSPS) is 16.8. The van der Waals surface area contributed by atoms with Crippen molar-refractivity contribution < 1.29 is 27.5 Å². The van der Waals surface area contributed by atoms with Gasteiger partial charge in [-0.05, 0) is 37.0 Å². The van der Waals surface area contributed by atoms with Crippen LogP contribution >= 0.6 is 0 Å². The molecule has 3 rings (SSSR count). The Morgan fingerprint density at radius 3 is 2.59 bits per heavy atom. The monoisotopic (exact) mass is 463 g/mol. The zero-order chi connectivity index (χ0) is 23.3. The van der Waals surface area contributed by atoms with Gasteiger partial charge in [0.05, 0.1) is 13.2 Å². The van der Waals surface area contributed by atoms with Crippen molar-refractivity contribution in [3.8, 4) is 0 Å². The van der Waals surface area contributed by atoms with Gasteiger partial charge in [0.15, 0.2) is 6.10 Å². The molecule has 1 fully saturated rings. The second-order valence-electron chi connectivity index (χ2n) is 7.70. The Labute approximate surface area is 188 Å². The molecule has 2 heterocycles. The molecular formula is C22H29N3O6S. The second-order valence-corrected chi connectivity index (χ2v) is 9.64. The summed E-state index contributed by atoms with van der Waals surface area (Å²) in [5.41, 5.74) is 1.63. The van der Waals surface area contributed by atoms with Crippen LogP contribution < -0.4 is 5.32 Å². The Kier molecular flexibility index (Phi) is 7.70. The number of aromatic amines is 1. The van der Waals surface area contributed by atoms with Gasteiger partial charge >= 0.3 is 5.97 Å². The molecule has 174 valence electrons. The number of ether oxygens (including phenoxy) is 2. The zero-order valence-electron chi connectivity index (χ0n) is 18.5. The first kappa shape index (κ1) is 24.0. The van der Waals surface area contributed by atoms with Gasteiger partial charge in [-0.3, -0.25) is 4.79 Å². The molecule has 0 bridgehead atoms. The highest BCUT2D eigenvalue weighted by Crippen LogP contribution is 2.26. The molecule has 0 aliphatic carbocycles. The maximum Gasteiger partial charge on any atom is 0.355 e. The van der Waals surface area contributed by atoms with Gasteiger partial charge in [-0.1, -0.05) is 32.0 Å². The third-order valence-corrected chi connectivity index (χ3v) is 7.38. The summed E-state index contributed by atoms with van der Waals surface area (Å²) in [6.45, 7) is 6.76. The van der Waals surface area contributed by atoms with Crippen molar-refractivity contribution in [2.24, 2.45) is 0 Å². The molecule has 9 nitrogen and oxygen atoms in total. The van der Waals surface area contributed by atoms with Crippen LogP contribution in [0.3, 0.4) is 0 Å². The fourth-order valence-corrected chi connectivity index (χ4v) is 4.75. The number of para-hydroxylation sites is 1. The number of esters is 1. The number of aromatic nitrogens is 1. The lowest BCUT2D eigenvalue weighted by Crippen LogP contribution is -2.40. The van der Waals surface area contributed by atoms with Gasteiger partial charge in [-0.2, -0.15) is 4.31 Å². The standard InChI is InChI=1S/C22H29N3O6S/c1-4-15(2)18-7-5-6-8-19(18)24-21(26)16(3)31-22(27)20-13-17(14-23-20)32(28,29)25-9-11-30-12-10-25/h5-8,13-16,23H,4,9-12H2,1-3H3,(H,24,26). The summed E-state index contributed by atoms with van der Waals surface area (Å²) >= 11 is 0. The Hall–Kier alpha value is -2.69. The summed E-state index contributed by atoms with van der Waals surface area (Å²) in [5, 5.41) is 2.81. The summed E-state index contributed by atoms with van der Waals surface area (Å²) in [6.07, 6.45) is 1.09. The fourth-order valence-electron chi connectivity index (χ4n) is 3.35. The van der Waals surface area contributed by atoms with Crippen LogP contribution in [-0.2, 0) is 24.3 Å². The molecule has 0 saturated carbocycles. The van der Waals surface area contributed by atoms with E-state index in [-0.39, 0.29) is 29.6 Å². The predicted octanol–water partition coefficient (Wildman–Crippen LogP) is 2.73. The van der Waals surface area contributed by atoms with Gasteiger partial charge < -0.3 is 19.8 Å². The largest absolute Gasteiger partial charge is 0.448 e. The SMILES string of the molecule is CCC(C)c1ccccc1NC(=O)C(C)OC(=O)c1cc(S(=O)(=O)N2CCOCC2)c[nH]1. The number of amides is 1. The van der Waals surface area contributed by atoms with E-state index in [4.69, 9.17) is 9.47 Å². The van der Waals surface area contributed by atoms with E-state index < -0.39 is 28.0 Å². The summed E-state index contributed by atoms with van der Waals surface area (Å²) in [5.74, 6) is -1.02. The van der Waals surface area contributed by atoms with Crippen LogP contribution in [0.25, 0.3) is 0 Å². The first-order chi connectivity index (χ1) is 15.2. The predicted molar refractivity (Wildman–Crippen MR) is 119 cm³/mol. The third kappa shape index (κ3) is 5.37. The quantitative estimate of drug-likeness (QED) is 0.581. The summed E-state index contributed by atoms with van der Waals surface area (Å²) in [6, 6.07) is 8.72. The van der Waals surface area contributed by atoms with Crippen LogP contribution in [0.5, 0.6) is 0 Å². The van der Waals surface area contributed by atoms with Crippen molar-refractivity contribution >= 4 is 27.6 Å². The molecule has 2 unspecified atom stereocenters. The Morgan fingerprint density at radius 2 is 1.91 bits per heavy atom. The van der Waals surface area contributed by atoms with Gasteiger partial charge in [-0.15, -0.1) is 0 Å². The van der Waals surface area contributed by atoms with Gasteiger partial charge in [-0.25, -0.2) is 13.2 Å². The summed E-state index contributed by atoms with van der Waals surface area (Å²) < 4.78 is 37.2. The second kappa shape index (κ2) is 10.3. The van der Waals surface area contributed by atoms with Crippen LogP contribution in [0.2, 0.25) is 0 Å². The highest BCUT2D eigenvalue weighted by molar-refractivity contribution is 7.89. The van der Waals surface area contributed by atoms with Gasteiger partial charge in [0.2, 0.25) is 10.0 Å². The maximum absolute atomic E-state index is 12.7. The first-order valence-corrected chi connectivity index (χ1v) is 12.0. The highest BCUT2D eigenvalue weighted by atomic mass is 32.2. The molecule has 10 heteroatoms. The minimum atomic E-state index is -3.74. The van der Waals surface area contributed by atoms with E-state index in [0.29, 0.717) is 18.9 Å². The minimum absolute atomic E-state index is 0.0362. The number of morpholine rings is 1. The van der Waals surface area contributed by atoms with Crippen LogP contribution in [0, 0.1) is 0 Å². The Balaban J connectivity index is 1.64. The molecule has 32 heavy (non-hydrogen) atoms. The van der Waals surface area contributed by atoms with Crippen molar-refractivity contribution in [3.05, 3.63) is 47.8 Å². The number of H-pyrrole nitrogens is 1. The Bertz CT molecular complexity index is 1060. The number of anilines is 1. The maximum atomic E-state index is 12.7. The molecule has 0 spiro atoms. The number of nitrogens with one attached hydrogen (secondary N) is 2. The summed E-state index contributed by atoms with van der Waals surface area (Å²) in [4.78, 5) is 27.7. The zero-order valence-corrected chi connectivity index (χ0v) is 19.3. The average molecular weight is 464 g/mol. The van der Waals surface area contributed by atoms with Gasteiger partial charge in [0.1, 0.15) is 10.6 Å². The van der Waals surface area contributed by atoms with Crippen molar-refractivity contribution in [1.82, 2.24) is 9.29 Å². The van der Waals surface area contributed by atoms with E-state index in [1.165, 1.54) is 23.5 Å².